The molecule has 180 valence electrons. The Bertz CT molecular complexity index is 1480. The van der Waals surface area contributed by atoms with Gasteiger partial charge in [-0.3, -0.25) is 9.59 Å². The minimum atomic E-state index is -0.575. The molecule has 0 aliphatic heterocycles. The van der Waals surface area contributed by atoms with E-state index < -0.39 is 5.97 Å². The van der Waals surface area contributed by atoms with Crippen molar-refractivity contribution in [3.63, 3.8) is 0 Å². The number of alkyl halides is 1. The largest absolute Gasteiger partial charge is 0.460 e. The number of rotatable bonds is 8. The Balaban J connectivity index is 1.53. The predicted molar refractivity (Wildman–Crippen MR) is 144 cm³/mol. The molecule has 7 heteroatoms. The number of carbonyl (C=O) groups is 3. The highest BCUT2D eigenvalue weighted by atomic mass is 127. The molecule has 0 radical (unpaired) electrons. The SMILES string of the molecule is O=C(OCCOCCI)c1ccc2c(c1)C(=O)c1cc3ccccc3c(Oc3ccccc3)c1C2=O. The summed E-state index contributed by atoms with van der Waals surface area (Å²) < 4.78 is 17.6. The van der Waals surface area contributed by atoms with Crippen LogP contribution in [0.2, 0.25) is 0 Å². The van der Waals surface area contributed by atoms with Crippen LogP contribution in [-0.4, -0.2) is 41.8 Å². The molecule has 4 aromatic rings. The molecule has 0 atom stereocenters. The number of benzene rings is 4. The zero-order chi connectivity index (χ0) is 25.1. The summed E-state index contributed by atoms with van der Waals surface area (Å²) in [6.07, 6.45) is 0. The summed E-state index contributed by atoms with van der Waals surface area (Å²) in [5, 5.41) is 1.50. The fraction of sp³-hybridized carbons (Fsp3) is 0.138. The third kappa shape index (κ3) is 4.64. The first-order valence-electron chi connectivity index (χ1n) is 11.4. The van der Waals surface area contributed by atoms with Crippen LogP contribution in [0.1, 0.15) is 42.2 Å². The fourth-order valence-electron chi connectivity index (χ4n) is 4.20. The summed E-state index contributed by atoms with van der Waals surface area (Å²) >= 11 is 2.20. The van der Waals surface area contributed by atoms with Gasteiger partial charge in [0.1, 0.15) is 18.1 Å². The minimum absolute atomic E-state index is 0.106. The maximum atomic E-state index is 13.7. The van der Waals surface area contributed by atoms with Crippen molar-refractivity contribution in [2.75, 3.05) is 24.2 Å². The second kappa shape index (κ2) is 10.6. The van der Waals surface area contributed by atoms with Gasteiger partial charge in [-0.15, -0.1) is 0 Å². The van der Waals surface area contributed by atoms with E-state index in [9.17, 15) is 14.4 Å². The van der Waals surface area contributed by atoms with Crippen LogP contribution in [0.25, 0.3) is 10.8 Å². The molecule has 0 unspecified atom stereocenters. The number of hydrogen-bond acceptors (Lipinski definition) is 6. The van der Waals surface area contributed by atoms with Gasteiger partial charge in [-0.1, -0.05) is 65.1 Å². The monoisotopic (exact) mass is 592 g/mol. The van der Waals surface area contributed by atoms with Crippen molar-refractivity contribution < 1.29 is 28.6 Å². The van der Waals surface area contributed by atoms with Gasteiger partial charge >= 0.3 is 5.97 Å². The lowest BCUT2D eigenvalue weighted by atomic mass is 9.81. The zero-order valence-electron chi connectivity index (χ0n) is 19.2. The van der Waals surface area contributed by atoms with E-state index in [1.54, 1.807) is 18.2 Å². The van der Waals surface area contributed by atoms with Crippen LogP contribution in [0.15, 0.2) is 78.9 Å². The topological polar surface area (TPSA) is 78.9 Å². The van der Waals surface area contributed by atoms with Crippen molar-refractivity contribution in [2.24, 2.45) is 0 Å². The molecular weight excluding hydrogens is 571 g/mol. The van der Waals surface area contributed by atoms with Crippen molar-refractivity contribution in [1.29, 1.82) is 0 Å². The molecule has 0 spiro atoms. The summed E-state index contributed by atoms with van der Waals surface area (Å²) in [6, 6.07) is 22.7. The molecular formula is C29H21IO6. The highest BCUT2D eigenvalue weighted by Crippen LogP contribution is 2.41. The average molecular weight is 592 g/mol. The van der Waals surface area contributed by atoms with Gasteiger partial charge < -0.3 is 14.2 Å². The van der Waals surface area contributed by atoms with Gasteiger partial charge in [0.25, 0.3) is 0 Å². The Morgan fingerprint density at radius 2 is 1.53 bits per heavy atom. The lowest BCUT2D eigenvalue weighted by Gasteiger charge is -2.22. The molecule has 0 saturated carbocycles. The van der Waals surface area contributed by atoms with Gasteiger partial charge in [0.05, 0.1) is 24.3 Å². The molecule has 0 heterocycles. The lowest BCUT2D eigenvalue weighted by Crippen LogP contribution is -2.23. The molecule has 0 fully saturated rings. The highest BCUT2D eigenvalue weighted by molar-refractivity contribution is 14.1. The van der Waals surface area contributed by atoms with Crippen LogP contribution >= 0.6 is 22.6 Å². The molecule has 1 aliphatic carbocycles. The normalized spacial score (nSPS) is 12.2. The Kier molecular flexibility index (Phi) is 7.11. The Labute approximate surface area is 221 Å². The van der Waals surface area contributed by atoms with Crippen molar-refractivity contribution in [1.82, 2.24) is 0 Å². The van der Waals surface area contributed by atoms with E-state index in [2.05, 4.69) is 22.6 Å². The van der Waals surface area contributed by atoms with Crippen molar-refractivity contribution in [2.45, 2.75) is 0 Å². The smallest absolute Gasteiger partial charge is 0.338 e. The van der Waals surface area contributed by atoms with Gasteiger partial charge in [0.15, 0.2) is 11.6 Å². The lowest BCUT2D eigenvalue weighted by molar-refractivity contribution is 0.0340. The summed E-state index contributed by atoms with van der Waals surface area (Å²) in [5.41, 5.74) is 1.06. The first-order chi connectivity index (χ1) is 17.6. The average Bonchev–Trinajstić information content (AvgIpc) is 2.91. The van der Waals surface area contributed by atoms with Crippen molar-refractivity contribution >= 4 is 50.9 Å². The van der Waals surface area contributed by atoms with Gasteiger partial charge in [0, 0.05) is 26.5 Å². The molecule has 1 aliphatic rings. The Morgan fingerprint density at radius 1 is 0.750 bits per heavy atom. The van der Waals surface area contributed by atoms with Crippen molar-refractivity contribution in [3.05, 3.63) is 107 Å². The summed E-state index contributed by atoms with van der Waals surface area (Å²) in [6.45, 7) is 0.980. The van der Waals surface area contributed by atoms with Gasteiger partial charge in [-0.2, -0.15) is 0 Å². The Hall–Kier alpha value is -3.56. The number of esters is 1. The second-order valence-electron chi connectivity index (χ2n) is 8.12. The quantitative estimate of drug-likeness (QED) is 0.0950. The fourth-order valence-corrected chi connectivity index (χ4v) is 4.51. The molecule has 0 amide bonds. The maximum absolute atomic E-state index is 13.7. The third-order valence-corrected chi connectivity index (χ3v) is 6.30. The van der Waals surface area contributed by atoms with Crippen molar-refractivity contribution in [3.8, 4) is 11.5 Å². The standard InChI is InChI=1S/C29H21IO6/c30-12-13-34-14-15-35-29(33)19-10-11-22-23(17-19)26(31)24-16-18-6-4-5-9-21(18)28(25(24)27(22)32)36-20-7-2-1-3-8-20/h1-11,16-17H,12-15H2. The van der Waals surface area contributed by atoms with Crippen LogP contribution in [0, 0.1) is 0 Å². The molecule has 0 bridgehead atoms. The summed E-state index contributed by atoms with van der Waals surface area (Å²) in [4.78, 5) is 39.9. The predicted octanol–water partition coefficient (Wildman–Crippen LogP) is 6.02. The van der Waals surface area contributed by atoms with E-state index in [1.165, 1.54) is 18.2 Å². The van der Waals surface area contributed by atoms with E-state index >= 15 is 0 Å². The third-order valence-electron chi connectivity index (χ3n) is 5.86. The minimum Gasteiger partial charge on any atom is -0.460 e. The van der Waals surface area contributed by atoms with Gasteiger partial charge in [0.2, 0.25) is 0 Å². The first-order valence-corrected chi connectivity index (χ1v) is 12.9. The van der Waals surface area contributed by atoms with E-state index in [0.717, 1.165) is 15.2 Å². The van der Waals surface area contributed by atoms with Crippen LogP contribution < -0.4 is 4.74 Å². The number of hydrogen-bond donors (Lipinski definition) is 0. The molecule has 6 nitrogen and oxygen atoms in total. The molecule has 0 saturated heterocycles. The molecule has 0 aromatic heterocycles. The highest BCUT2D eigenvalue weighted by Gasteiger charge is 2.34. The number of ether oxygens (including phenoxy) is 3. The molecule has 36 heavy (non-hydrogen) atoms. The van der Waals surface area contributed by atoms with Crippen LogP contribution in [-0.2, 0) is 9.47 Å². The van der Waals surface area contributed by atoms with Crippen LogP contribution in [0.5, 0.6) is 11.5 Å². The second-order valence-corrected chi connectivity index (χ2v) is 9.20. The van der Waals surface area contributed by atoms with Crippen LogP contribution in [0.3, 0.4) is 0 Å². The zero-order valence-corrected chi connectivity index (χ0v) is 21.3. The molecule has 0 N–H and O–H groups in total. The van der Waals surface area contributed by atoms with E-state index in [-0.39, 0.29) is 46.0 Å². The van der Waals surface area contributed by atoms with E-state index in [1.807, 2.05) is 42.5 Å². The molecule has 5 rings (SSSR count). The number of carbonyl (C=O) groups excluding carboxylic acids is 3. The number of para-hydroxylation sites is 1. The number of ketones is 2. The molecule has 4 aromatic carbocycles. The van der Waals surface area contributed by atoms with Gasteiger partial charge in [-0.25, -0.2) is 4.79 Å². The summed E-state index contributed by atoms with van der Waals surface area (Å²) in [5.74, 6) is -0.351. The number of halogens is 1. The van der Waals surface area contributed by atoms with Crippen LogP contribution in [0.4, 0.5) is 0 Å². The first kappa shape index (κ1) is 24.1. The summed E-state index contributed by atoms with van der Waals surface area (Å²) in [7, 11) is 0. The maximum Gasteiger partial charge on any atom is 0.338 e. The Morgan fingerprint density at radius 3 is 2.33 bits per heavy atom. The van der Waals surface area contributed by atoms with E-state index in [0.29, 0.717) is 24.7 Å². The van der Waals surface area contributed by atoms with Gasteiger partial charge in [-0.05, 0) is 41.8 Å². The van der Waals surface area contributed by atoms with E-state index in [4.69, 9.17) is 14.2 Å². The number of fused-ring (bicyclic) bond motifs is 3.